The van der Waals surface area contributed by atoms with Gasteiger partial charge in [0.25, 0.3) is 5.56 Å². The minimum absolute atomic E-state index is 0.182. The molecule has 4 aromatic rings. The Balaban J connectivity index is 1.90. The first-order chi connectivity index (χ1) is 11.4. The summed E-state index contributed by atoms with van der Waals surface area (Å²) in [6.07, 6.45) is -3.02. The molecule has 0 spiro atoms. The van der Waals surface area contributed by atoms with Crippen LogP contribution in [0.1, 0.15) is 11.5 Å². The number of para-hydroxylation sites is 2. The molecule has 0 unspecified atom stereocenters. The van der Waals surface area contributed by atoms with Gasteiger partial charge in [0.05, 0.1) is 23.3 Å². The number of thiazole rings is 1. The van der Waals surface area contributed by atoms with Crippen molar-refractivity contribution in [2.45, 2.75) is 12.7 Å². The van der Waals surface area contributed by atoms with E-state index in [2.05, 4.69) is 9.97 Å². The number of fused-ring (bicyclic) bond motifs is 2. The van der Waals surface area contributed by atoms with Crippen LogP contribution in [0.15, 0.2) is 46.7 Å². The Hall–Kier alpha value is -2.68. The van der Waals surface area contributed by atoms with Gasteiger partial charge in [0, 0.05) is 17.6 Å². The molecule has 0 saturated carbocycles. The van der Waals surface area contributed by atoms with Crippen LogP contribution in [0.2, 0.25) is 0 Å². The summed E-state index contributed by atoms with van der Waals surface area (Å²) in [6, 6.07) is 7.60. The van der Waals surface area contributed by atoms with E-state index in [1.165, 1.54) is 27.9 Å². The van der Waals surface area contributed by atoms with Crippen LogP contribution in [0.4, 0.5) is 13.2 Å². The average molecular weight is 350 g/mol. The summed E-state index contributed by atoms with van der Waals surface area (Å²) in [6.45, 7) is -0.182. The van der Waals surface area contributed by atoms with E-state index in [-0.39, 0.29) is 23.3 Å². The predicted octanol–water partition coefficient (Wildman–Crippen LogP) is 3.17. The highest BCUT2D eigenvalue weighted by Crippen LogP contribution is 2.31. The van der Waals surface area contributed by atoms with Crippen LogP contribution >= 0.6 is 11.3 Å². The summed E-state index contributed by atoms with van der Waals surface area (Å²) < 4.78 is 42.3. The highest BCUT2D eigenvalue weighted by Gasteiger charge is 2.37. The maximum Gasteiger partial charge on any atom is 0.449 e. The van der Waals surface area contributed by atoms with Crippen molar-refractivity contribution in [3.63, 3.8) is 0 Å². The molecule has 4 rings (SSSR count). The van der Waals surface area contributed by atoms with Crippen LogP contribution in [0.25, 0.3) is 16.0 Å². The standard InChI is InChI=1S/C15H9F3N4OS/c16-15(17,18)13-20-10-3-1-2-4-11(10)22(13)8-9-7-12(23)21-5-6-24-14(21)19-9/h1-7H,8H2. The van der Waals surface area contributed by atoms with Gasteiger partial charge in [-0.1, -0.05) is 12.1 Å². The van der Waals surface area contributed by atoms with Gasteiger partial charge in [0.1, 0.15) is 0 Å². The first kappa shape index (κ1) is 14.9. The molecule has 0 radical (unpaired) electrons. The van der Waals surface area contributed by atoms with Crippen molar-refractivity contribution < 1.29 is 13.2 Å². The van der Waals surface area contributed by atoms with E-state index >= 15 is 0 Å². The lowest BCUT2D eigenvalue weighted by atomic mass is 10.3. The SMILES string of the molecule is O=c1cc(Cn2c(C(F)(F)F)nc3ccccc32)nc2sccn12. The maximum atomic E-state index is 13.3. The summed E-state index contributed by atoms with van der Waals surface area (Å²) in [5, 5.41) is 1.70. The van der Waals surface area contributed by atoms with Crippen molar-refractivity contribution >= 4 is 27.3 Å². The lowest BCUT2D eigenvalue weighted by Crippen LogP contribution is -2.18. The molecule has 0 aliphatic heterocycles. The topological polar surface area (TPSA) is 52.2 Å². The molecular formula is C15H9F3N4OS. The summed E-state index contributed by atoms with van der Waals surface area (Å²) >= 11 is 1.25. The molecule has 122 valence electrons. The van der Waals surface area contributed by atoms with Crippen LogP contribution in [0, 0.1) is 0 Å². The van der Waals surface area contributed by atoms with Crippen molar-refractivity contribution in [3.05, 3.63) is 63.8 Å². The molecule has 5 nitrogen and oxygen atoms in total. The molecule has 0 saturated heterocycles. The zero-order chi connectivity index (χ0) is 16.9. The third kappa shape index (κ3) is 2.37. The molecule has 0 aliphatic rings. The molecule has 3 aromatic heterocycles. The second-order valence-corrected chi connectivity index (χ2v) is 6.02. The zero-order valence-electron chi connectivity index (χ0n) is 12.0. The third-order valence-electron chi connectivity index (χ3n) is 3.58. The summed E-state index contributed by atoms with van der Waals surface area (Å²) in [7, 11) is 0. The Kier molecular flexibility index (Phi) is 3.20. The number of rotatable bonds is 2. The first-order valence-corrected chi connectivity index (χ1v) is 7.80. The Bertz CT molecular complexity index is 1110. The fourth-order valence-corrected chi connectivity index (χ4v) is 3.32. The van der Waals surface area contributed by atoms with Gasteiger partial charge in [0.15, 0.2) is 4.96 Å². The Labute approximate surface area is 136 Å². The molecule has 1 aromatic carbocycles. The first-order valence-electron chi connectivity index (χ1n) is 6.92. The van der Waals surface area contributed by atoms with E-state index in [0.717, 1.165) is 4.57 Å². The molecule has 9 heteroatoms. The number of alkyl halides is 3. The number of imidazole rings is 1. The second-order valence-electron chi connectivity index (χ2n) is 5.15. The number of hydrogen-bond donors (Lipinski definition) is 0. The number of nitrogens with zero attached hydrogens (tertiary/aromatic N) is 4. The number of aromatic nitrogens is 4. The van der Waals surface area contributed by atoms with Gasteiger partial charge in [-0.15, -0.1) is 11.3 Å². The van der Waals surface area contributed by atoms with Crippen LogP contribution in [-0.2, 0) is 12.7 Å². The van der Waals surface area contributed by atoms with E-state index in [9.17, 15) is 18.0 Å². The molecule has 3 heterocycles. The maximum absolute atomic E-state index is 13.3. The van der Waals surface area contributed by atoms with E-state index in [4.69, 9.17) is 0 Å². The fourth-order valence-electron chi connectivity index (χ4n) is 2.58. The van der Waals surface area contributed by atoms with Crippen molar-refractivity contribution in [2.75, 3.05) is 0 Å². The third-order valence-corrected chi connectivity index (χ3v) is 4.34. The number of halogens is 3. The van der Waals surface area contributed by atoms with E-state index < -0.39 is 12.0 Å². The number of hydrogen-bond acceptors (Lipinski definition) is 4. The highest BCUT2D eigenvalue weighted by atomic mass is 32.1. The van der Waals surface area contributed by atoms with Crippen LogP contribution in [0.5, 0.6) is 0 Å². The number of benzene rings is 1. The van der Waals surface area contributed by atoms with Gasteiger partial charge >= 0.3 is 6.18 Å². The highest BCUT2D eigenvalue weighted by molar-refractivity contribution is 7.15. The Morgan fingerprint density at radius 3 is 2.75 bits per heavy atom. The molecule has 0 N–H and O–H groups in total. The molecule has 0 fully saturated rings. The largest absolute Gasteiger partial charge is 0.449 e. The van der Waals surface area contributed by atoms with Gasteiger partial charge in [-0.3, -0.25) is 9.20 Å². The molecular weight excluding hydrogens is 341 g/mol. The van der Waals surface area contributed by atoms with Crippen molar-refractivity contribution in [2.24, 2.45) is 0 Å². The van der Waals surface area contributed by atoms with E-state index in [1.54, 1.807) is 29.8 Å². The molecule has 24 heavy (non-hydrogen) atoms. The van der Waals surface area contributed by atoms with Gasteiger partial charge in [-0.2, -0.15) is 13.2 Å². The Morgan fingerprint density at radius 2 is 1.96 bits per heavy atom. The molecule has 0 atom stereocenters. The average Bonchev–Trinajstić information content (AvgIpc) is 3.12. The van der Waals surface area contributed by atoms with Crippen LogP contribution < -0.4 is 5.56 Å². The smallest absolute Gasteiger partial charge is 0.314 e. The molecule has 0 bridgehead atoms. The van der Waals surface area contributed by atoms with Gasteiger partial charge < -0.3 is 4.57 Å². The monoisotopic (exact) mass is 350 g/mol. The van der Waals surface area contributed by atoms with Crippen molar-refractivity contribution in [1.82, 2.24) is 18.9 Å². The van der Waals surface area contributed by atoms with E-state index in [0.29, 0.717) is 10.5 Å². The second kappa shape index (κ2) is 5.17. The van der Waals surface area contributed by atoms with Gasteiger partial charge in [-0.25, -0.2) is 9.97 Å². The minimum Gasteiger partial charge on any atom is -0.314 e. The molecule has 0 aliphatic carbocycles. The minimum atomic E-state index is -4.60. The lowest BCUT2D eigenvalue weighted by Gasteiger charge is -2.11. The molecule has 0 amide bonds. The van der Waals surface area contributed by atoms with Crippen molar-refractivity contribution in [3.8, 4) is 0 Å². The van der Waals surface area contributed by atoms with Gasteiger partial charge in [-0.05, 0) is 12.1 Å². The quantitative estimate of drug-likeness (QED) is 0.558. The summed E-state index contributed by atoms with van der Waals surface area (Å²) in [5.74, 6) is -1.00. The van der Waals surface area contributed by atoms with Crippen LogP contribution in [0.3, 0.4) is 0 Å². The summed E-state index contributed by atoms with van der Waals surface area (Å²) in [5.41, 5.74) is 0.530. The fraction of sp³-hybridized carbons (Fsp3) is 0.133. The Morgan fingerprint density at radius 1 is 1.17 bits per heavy atom. The predicted molar refractivity (Wildman–Crippen MR) is 83.2 cm³/mol. The summed E-state index contributed by atoms with van der Waals surface area (Å²) in [4.78, 5) is 20.4. The van der Waals surface area contributed by atoms with Gasteiger partial charge in [0.2, 0.25) is 5.82 Å². The van der Waals surface area contributed by atoms with E-state index in [1.807, 2.05) is 0 Å². The lowest BCUT2D eigenvalue weighted by molar-refractivity contribution is -0.146. The van der Waals surface area contributed by atoms with Crippen molar-refractivity contribution in [1.29, 1.82) is 0 Å². The zero-order valence-corrected chi connectivity index (χ0v) is 12.8. The normalized spacial score (nSPS) is 12.3. The van der Waals surface area contributed by atoms with Crippen LogP contribution in [-0.4, -0.2) is 18.9 Å².